The fourth-order valence-electron chi connectivity index (χ4n) is 7.51. The second-order valence-electron chi connectivity index (χ2n) is 13.3. The quantitative estimate of drug-likeness (QED) is 0.105. The molecule has 5 rings (SSSR count). The van der Waals surface area contributed by atoms with Crippen molar-refractivity contribution in [2.75, 3.05) is 33.5 Å². The van der Waals surface area contributed by atoms with Crippen molar-refractivity contribution in [2.45, 2.75) is 73.6 Å². The number of esters is 1. The first kappa shape index (κ1) is 37.4. The molecular formula is C39H51N5O7. The number of carbonyl (C=O) groups excluding carboxylic acids is 2. The summed E-state index contributed by atoms with van der Waals surface area (Å²) >= 11 is 0. The van der Waals surface area contributed by atoms with Crippen molar-refractivity contribution in [3.8, 4) is 0 Å². The fourth-order valence-corrected chi connectivity index (χ4v) is 7.51. The van der Waals surface area contributed by atoms with E-state index in [9.17, 15) is 19.5 Å². The van der Waals surface area contributed by atoms with Gasteiger partial charge in [-0.25, -0.2) is 0 Å². The van der Waals surface area contributed by atoms with Crippen LogP contribution in [0.1, 0.15) is 101 Å². The lowest BCUT2D eigenvalue weighted by Gasteiger charge is -2.19. The predicted octanol–water partition coefficient (Wildman–Crippen LogP) is 3.47. The third-order valence-corrected chi connectivity index (χ3v) is 10.4. The van der Waals surface area contributed by atoms with Crippen molar-refractivity contribution >= 4 is 41.6 Å². The van der Waals surface area contributed by atoms with Gasteiger partial charge in [-0.2, -0.15) is 0 Å². The topological polar surface area (TPSA) is 182 Å². The van der Waals surface area contributed by atoms with Gasteiger partial charge >= 0.3 is 11.9 Å². The highest BCUT2D eigenvalue weighted by Gasteiger charge is 2.37. The Balaban J connectivity index is 1.86. The van der Waals surface area contributed by atoms with Crippen molar-refractivity contribution in [1.29, 1.82) is 0 Å². The summed E-state index contributed by atoms with van der Waals surface area (Å²) in [5.41, 5.74) is 10.9. The number of carbonyl (C=O) groups is 3. The number of rotatable bonds is 13. The highest BCUT2D eigenvalue weighted by molar-refractivity contribution is 6.03. The Morgan fingerprint density at radius 3 is 2.25 bits per heavy atom. The molecule has 12 heteroatoms. The summed E-state index contributed by atoms with van der Waals surface area (Å²) in [6, 6.07) is 0. The molecule has 51 heavy (non-hydrogen) atoms. The number of hydrogen-bond acceptors (Lipinski definition) is 7. The number of nitrogens with one attached hydrogen (secondary N) is 5. The van der Waals surface area contributed by atoms with Crippen LogP contribution in [0.15, 0.2) is 11.4 Å². The lowest BCUT2D eigenvalue weighted by Crippen LogP contribution is -2.29. The summed E-state index contributed by atoms with van der Waals surface area (Å²) in [6.07, 6.45) is 7.96. The number of aliphatic hydroxyl groups excluding tert-OH is 1. The molecule has 2 aliphatic rings. The molecule has 0 aliphatic carbocycles. The zero-order chi connectivity index (χ0) is 37.0. The van der Waals surface area contributed by atoms with Gasteiger partial charge in [-0.05, 0) is 86.1 Å². The van der Waals surface area contributed by atoms with Gasteiger partial charge in [0.05, 0.1) is 44.6 Å². The van der Waals surface area contributed by atoms with Gasteiger partial charge in [0.1, 0.15) is 0 Å². The molecule has 1 fully saturated rings. The Hall–Kier alpha value is -4.81. The molecule has 2 unspecified atom stereocenters. The summed E-state index contributed by atoms with van der Waals surface area (Å²) in [5.74, 6) is -2.20. The SMILES string of the molecule is CCc1c2[nH]c(c1C)C=C1NC(=C(CC(=O)OC)c3[nH]c(c(C)c3C(=O)NCCOCCO)C=c3[nH]c(c(C)c3CC)=C2)C(CCC(=O)O)C1C. The number of fused-ring (bicyclic) bond motifs is 8. The number of carboxylic acid groups (broad SMARTS) is 1. The summed E-state index contributed by atoms with van der Waals surface area (Å²) in [7, 11) is 1.32. The minimum Gasteiger partial charge on any atom is -0.481 e. The van der Waals surface area contributed by atoms with Gasteiger partial charge in [-0.1, -0.05) is 20.8 Å². The number of aromatic amines is 3. The third kappa shape index (κ3) is 7.62. The lowest BCUT2D eigenvalue weighted by molar-refractivity contribution is -0.139. The van der Waals surface area contributed by atoms with Crippen molar-refractivity contribution in [1.82, 2.24) is 25.6 Å². The molecule has 8 bridgehead atoms. The van der Waals surface area contributed by atoms with Crippen molar-refractivity contribution in [2.24, 2.45) is 11.8 Å². The Morgan fingerprint density at radius 2 is 1.59 bits per heavy atom. The van der Waals surface area contributed by atoms with E-state index in [0.29, 0.717) is 40.2 Å². The number of allylic oxidation sites excluding steroid dienone is 2. The molecule has 1 amide bonds. The van der Waals surface area contributed by atoms with E-state index in [1.165, 1.54) is 12.7 Å². The zero-order valence-electron chi connectivity index (χ0n) is 30.7. The Kier molecular flexibility index (Phi) is 11.8. The molecule has 0 spiro atoms. The molecular weight excluding hydrogens is 650 g/mol. The van der Waals surface area contributed by atoms with Crippen LogP contribution in [0.3, 0.4) is 0 Å². The van der Waals surface area contributed by atoms with Crippen molar-refractivity contribution < 1.29 is 34.1 Å². The predicted molar refractivity (Wildman–Crippen MR) is 196 cm³/mol. The number of carboxylic acids is 1. The standard InChI is InChI=1S/C39H51N5O7/c1-8-24-20(3)28-17-30-22(5)26(10-11-34(46)47)37(43-30)27(16-35(48)50-7)38-36(39(49)40-12-14-51-15-13-45)23(6)31(44-38)19-33-25(9-2)21(4)29(42-33)18-32(24)41-28/h17-19,22,26,41-45H,8-16H2,1-7H3,(H,40,49)(H,46,47). The Bertz CT molecular complexity index is 2010. The van der Waals surface area contributed by atoms with Gasteiger partial charge in [0.2, 0.25) is 0 Å². The highest BCUT2D eigenvalue weighted by atomic mass is 16.5. The highest BCUT2D eigenvalue weighted by Crippen LogP contribution is 2.43. The van der Waals surface area contributed by atoms with E-state index in [0.717, 1.165) is 57.3 Å². The number of aliphatic carboxylic acids is 1. The average Bonchev–Trinajstić information content (AvgIpc) is 3.78. The summed E-state index contributed by atoms with van der Waals surface area (Å²) in [4.78, 5) is 50.0. The molecule has 12 nitrogen and oxygen atoms in total. The molecule has 0 radical (unpaired) electrons. The van der Waals surface area contributed by atoms with Gasteiger partial charge in [-0.15, -0.1) is 0 Å². The largest absolute Gasteiger partial charge is 0.481 e. The number of aliphatic hydroxyl groups is 1. The number of amides is 1. The van der Waals surface area contributed by atoms with Crippen LogP contribution in [0, 0.1) is 32.6 Å². The molecule has 5 heterocycles. The number of H-pyrrole nitrogens is 3. The molecule has 2 atom stereocenters. The van der Waals surface area contributed by atoms with E-state index >= 15 is 0 Å². The smallest absolute Gasteiger partial charge is 0.310 e. The van der Waals surface area contributed by atoms with Crippen LogP contribution >= 0.6 is 0 Å². The van der Waals surface area contributed by atoms with E-state index in [4.69, 9.17) is 14.6 Å². The Morgan fingerprint density at radius 1 is 0.882 bits per heavy atom. The molecule has 3 aromatic rings. The Labute approximate surface area is 298 Å². The number of methoxy groups -OCH3 is 1. The molecule has 0 aromatic carbocycles. The molecule has 274 valence electrons. The molecule has 7 N–H and O–H groups in total. The fraction of sp³-hybridized carbons (Fsp3) is 0.462. The van der Waals surface area contributed by atoms with Crippen LogP contribution in [0.2, 0.25) is 0 Å². The first-order valence-corrected chi connectivity index (χ1v) is 17.8. The number of ether oxygens (including phenoxy) is 2. The maximum atomic E-state index is 14.1. The minimum atomic E-state index is -0.914. The van der Waals surface area contributed by atoms with Gasteiger partial charge in [0.25, 0.3) is 5.91 Å². The van der Waals surface area contributed by atoms with Crippen LogP contribution in [0.25, 0.3) is 23.8 Å². The summed E-state index contributed by atoms with van der Waals surface area (Å²) in [5, 5.41) is 27.3. The van der Waals surface area contributed by atoms with Crippen LogP contribution < -0.4 is 21.3 Å². The second kappa shape index (κ2) is 16.0. The molecule has 0 saturated carbocycles. The maximum Gasteiger partial charge on any atom is 0.310 e. The average molecular weight is 702 g/mol. The van der Waals surface area contributed by atoms with E-state index in [2.05, 4.69) is 72.4 Å². The zero-order valence-corrected chi connectivity index (χ0v) is 30.7. The van der Waals surface area contributed by atoms with Crippen LogP contribution in [0.5, 0.6) is 0 Å². The first-order chi connectivity index (χ1) is 24.4. The van der Waals surface area contributed by atoms with Crippen molar-refractivity contribution in [3.05, 3.63) is 78.2 Å². The van der Waals surface area contributed by atoms with Gasteiger partial charge in [-0.3, -0.25) is 14.4 Å². The van der Waals surface area contributed by atoms with Crippen LogP contribution in [0.4, 0.5) is 0 Å². The summed E-state index contributed by atoms with van der Waals surface area (Å²) < 4.78 is 10.6. The normalized spacial score (nSPS) is 16.7. The van der Waals surface area contributed by atoms with Crippen molar-refractivity contribution in [3.63, 3.8) is 0 Å². The molecule has 2 aliphatic heterocycles. The lowest BCUT2D eigenvalue weighted by atomic mass is 9.85. The van der Waals surface area contributed by atoms with E-state index < -0.39 is 11.9 Å². The van der Waals surface area contributed by atoms with Gasteiger partial charge in [0, 0.05) is 69.5 Å². The van der Waals surface area contributed by atoms with Crippen LogP contribution in [-0.2, 0) is 31.9 Å². The first-order valence-electron chi connectivity index (χ1n) is 17.8. The second-order valence-corrected chi connectivity index (χ2v) is 13.3. The third-order valence-electron chi connectivity index (χ3n) is 10.4. The van der Waals surface area contributed by atoms with E-state index in [1.807, 2.05) is 13.0 Å². The number of aromatic nitrogens is 3. The number of hydrogen-bond donors (Lipinski definition) is 7. The van der Waals surface area contributed by atoms with Crippen LogP contribution in [-0.4, -0.2) is 76.5 Å². The summed E-state index contributed by atoms with van der Waals surface area (Å²) in [6.45, 7) is 12.9. The van der Waals surface area contributed by atoms with Gasteiger partial charge < -0.3 is 45.3 Å². The van der Waals surface area contributed by atoms with E-state index in [1.54, 1.807) is 0 Å². The molecule has 3 aromatic heterocycles. The minimum absolute atomic E-state index is 0.0718. The van der Waals surface area contributed by atoms with E-state index in [-0.39, 0.29) is 57.0 Å². The maximum absolute atomic E-state index is 14.1. The van der Waals surface area contributed by atoms with Gasteiger partial charge in [0.15, 0.2) is 0 Å². The monoisotopic (exact) mass is 701 g/mol. The molecule has 1 saturated heterocycles.